The molecule has 2 heterocycles. The maximum absolute atomic E-state index is 9.66. The Hall–Kier alpha value is -4.28. The quantitative estimate of drug-likeness (QED) is 0.443. The van der Waals surface area contributed by atoms with Crippen molar-refractivity contribution in [2.75, 3.05) is 4.90 Å². The van der Waals surface area contributed by atoms with Crippen molar-refractivity contribution in [3.63, 3.8) is 0 Å². The van der Waals surface area contributed by atoms with Crippen LogP contribution >= 0.6 is 0 Å². The standard InChI is InChI=1S/C26H23N7/c1-29-24-11-12-25(33-14-4-13-30-33)31-26(24)32(17-20-6-3-2-5-19(20)16-27)21-8-9-22-18(15-21)7-10-23(22)28/h2-6,8-9,11-15,23H,1,7,10,17,28H2. The van der Waals surface area contributed by atoms with E-state index in [4.69, 9.17) is 10.7 Å². The Kier molecular flexibility index (Phi) is 5.43. The molecule has 1 unspecified atom stereocenters. The summed E-state index contributed by atoms with van der Waals surface area (Å²) in [6.07, 6.45) is 5.45. The van der Waals surface area contributed by atoms with Gasteiger partial charge < -0.3 is 10.6 Å². The molecule has 7 heteroatoms. The zero-order chi connectivity index (χ0) is 22.8. The molecule has 162 valence electrons. The van der Waals surface area contributed by atoms with Crippen LogP contribution in [0.4, 0.5) is 17.2 Å². The van der Waals surface area contributed by atoms with Gasteiger partial charge in [0.25, 0.3) is 0 Å². The molecule has 0 radical (unpaired) electrons. The second-order valence-corrected chi connectivity index (χ2v) is 8.00. The molecule has 0 saturated heterocycles. The molecule has 1 atom stereocenters. The van der Waals surface area contributed by atoms with Gasteiger partial charge in [0.05, 0.1) is 18.2 Å². The Morgan fingerprint density at radius 1 is 1.18 bits per heavy atom. The minimum Gasteiger partial charge on any atom is -0.324 e. The molecule has 1 aliphatic rings. The molecule has 0 aliphatic heterocycles. The van der Waals surface area contributed by atoms with Crippen molar-refractivity contribution in [3.05, 3.63) is 95.3 Å². The Balaban J connectivity index is 1.67. The fourth-order valence-electron chi connectivity index (χ4n) is 4.32. The van der Waals surface area contributed by atoms with E-state index in [1.54, 1.807) is 10.9 Å². The number of aliphatic imine (C=N–C) groups is 1. The number of anilines is 2. The van der Waals surface area contributed by atoms with Gasteiger partial charge in [-0.15, -0.1) is 0 Å². The summed E-state index contributed by atoms with van der Waals surface area (Å²) in [4.78, 5) is 11.2. The molecule has 0 saturated carbocycles. The van der Waals surface area contributed by atoms with Crippen LogP contribution in [0, 0.1) is 11.3 Å². The Morgan fingerprint density at radius 2 is 2.06 bits per heavy atom. The number of nitrogens with zero attached hydrogens (tertiary/aromatic N) is 6. The van der Waals surface area contributed by atoms with Crippen LogP contribution in [0.15, 0.2) is 78.0 Å². The van der Waals surface area contributed by atoms with E-state index in [9.17, 15) is 5.26 Å². The summed E-state index contributed by atoms with van der Waals surface area (Å²) >= 11 is 0. The number of nitriles is 1. The van der Waals surface area contributed by atoms with Crippen molar-refractivity contribution >= 4 is 23.9 Å². The highest BCUT2D eigenvalue weighted by atomic mass is 15.3. The third-order valence-corrected chi connectivity index (χ3v) is 6.03. The summed E-state index contributed by atoms with van der Waals surface area (Å²) in [6, 6.07) is 21.9. The van der Waals surface area contributed by atoms with Gasteiger partial charge >= 0.3 is 0 Å². The zero-order valence-corrected chi connectivity index (χ0v) is 18.1. The van der Waals surface area contributed by atoms with Gasteiger partial charge in [-0.05, 0) is 72.6 Å². The van der Waals surface area contributed by atoms with E-state index in [2.05, 4.69) is 46.0 Å². The lowest BCUT2D eigenvalue weighted by atomic mass is 10.1. The zero-order valence-electron chi connectivity index (χ0n) is 18.1. The maximum atomic E-state index is 9.66. The van der Waals surface area contributed by atoms with Crippen LogP contribution in [0.1, 0.15) is 34.7 Å². The summed E-state index contributed by atoms with van der Waals surface area (Å²) in [5, 5.41) is 14.0. The highest BCUT2D eigenvalue weighted by Gasteiger charge is 2.23. The Bertz CT molecular complexity index is 1350. The molecule has 2 N–H and O–H groups in total. The van der Waals surface area contributed by atoms with E-state index in [0.29, 0.717) is 29.4 Å². The summed E-state index contributed by atoms with van der Waals surface area (Å²) in [7, 11) is 0. The van der Waals surface area contributed by atoms with Gasteiger partial charge in [0, 0.05) is 24.1 Å². The van der Waals surface area contributed by atoms with Gasteiger partial charge in [-0.2, -0.15) is 10.4 Å². The molecular formula is C26H23N7. The molecule has 7 nitrogen and oxygen atoms in total. The first kappa shape index (κ1) is 20.6. The van der Waals surface area contributed by atoms with Crippen molar-refractivity contribution in [3.8, 4) is 11.9 Å². The predicted molar refractivity (Wildman–Crippen MR) is 129 cm³/mol. The van der Waals surface area contributed by atoms with Crippen molar-refractivity contribution < 1.29 is 0 Å². The number of hydrogen-bond acceptors (Lipinski definition) is 6. The molecule has 1 aliphatic carbocycles. The van der Waals surface area contributed by atoms with Crippen LogP contribution in [0.3, 0.4) is 0 Å². The van der Waals surface area contributed by atoms with Crippen LogP contribution in [0.2, 0.25) is 0 Å². The first-order chi connectivity index (χ1) is 16.2. The van der Waals surface area contributed by atoms with E-state index in [1.165, 1.54) is 11.1 Å². The number of rotatable bonds is 6. The smallest absolute Gasteiger partial charge is 0.161 e. The second kappa shape index (κ2) is 8.69. The average molecular weight is 434 g/mol. The van der Waals surface area contributed by atoms with Gasteiger partial charge in [0.1, 0.15) is 5.69 Å². The molecule has 0 bridgehead atoms. The first-order valence-corrected chi connectivity index (χ1v) is 10.8. The van der Waals surface area contributed by atoms with Gasteiger partial charge in [0.2, 0.25) is 0 Å². The summed E-state index contributed by atoms with van der Waals surface area (Å²) in [5.74, 6) is 1.32. The summed E-state index contributed by atoms with van der Waals surface area (Å²) in [5.41, 5.74) is 11.8. The average Bonchev–Trinajstić information content (AvgIpc) is 3.52. The summed E-state index contributed by atoms with van der Waals surface area (Å²) < 4.78 is 1.71. The van der Waals surface area contributed by atoms with Gasteiger partial charge in [-0.1, -0.05) is 24.3 Å². The van der Waals surface area contributed by atoms with E-state index in [1.807, 2.05) is 48.7 Å². The predicted octanol–water partition coefficient (Wildman–Crippen LogP) is 4.76. The molecule has 0 spiro atoms. The normalized spacial score (nSPS) is 14.5. The van der Waals surface area contributed by atoms with Gasteiger partial charge in [-0.25, -0.2) is 9.67 Å². The fourth-order valence-corrected chi connectivity index (χ4v) is 4.32. The van der Waals surface area contributed by atoms with E-state index >= 15 is 0 Å². The van der Waals surface area contributed by atoms with E-state index in [0.717, 1.165) is 24.1 Å². The number of aromatic nitrogens is 3. The van der Waals surface area contributed by atoms with Crippen LogP contribution in [0.5, 0.6) is 0 Å². The molecular weight excluding hydrogens is 410 g/mol. The molecule has 0 fully saturated rings. The summed E-state index contributed by atoms with van der Waals surface area (Å²) in [6.45, 7) is 4.21. The van der Waals surface area contributed by atoms with Gasteiger partial charge in [-0.3, -0.25) is 4.99 Å². The largest absolute Gasteiger partial charge is 0.324 e. The third-order valence-electron chi connectivity index (χ3n) is 6.03. The number of benzene rings is 2. The maximum Gasteiger partial charge on any atom is 0.161 e. The molecule has 2 aromatic carbocycles. The number of pyridine rings is 1. The molecule has 5 rings (SSSR count). The topological polar surface area (TPSA) is 96.1 Å². The molecule has 4 aromatic rings. The van der Waals surface area contributed by atoms with E-state index in [-0.39, 0.29) is 6.04 Å². The van der Waals surface area contributed by atoms with Crippen molar-refractivity contribution in [1.82, 2.24) is 14.8 Å². The van der Waals surface area contributed by atoms with E-state index < -0.39 is 0 Å². The first-order valence-electron chi connectivity index (χ1n) is 10.8. The number of hydrogen-bond donors (Lipinski definition) is 1. The van der Waals surface area contributed by atoms with Crippen LogP contribution in [-0.4, -0.2) is 21.5 Å². The second-order valence-electron chi connectivity index (χ2n) is 8.00. The van der Waals surface area contributed by atoms with Crippen molar-refractivity contribution in [2.45, 2.75) is 25.4 Å². The number of nitrogens with two attached hydrogens (primary N) is 1. The van der Waals surface area contributed by atoms with Crippen LogP contribution in [0.25, 0.3) is 5.82 Å². The third kappa shape index (κ3) is 3.88. The minimum atomic E-state index is 0.0773. The highest BCUT2D eigenvalue weighted by Crippen LogP contribution is 2.38. The van der Waals surface area contributed by atoms with Crippen molar-refractivity contribution in [2.24, 2.45) is 10.7 Å². The lowest BCUT2D eigenvalue weighted by molar-refractivity contribution is 0.713. The SMILES string of the molecule is C=Nc1ccc(-n2cccn2)nc1N(Cc1ccccc1C#N)c1ccc2c(c1)CCC2N. The Morgan fingerprint density at radius 3 is 2.85 bits per heavy atom. The Labute approximate surface area is 192 Å². The monoisotopic (exact) mass is 433 g/mol. The number of fused-ring (bicyclic) bond motifs is 1. The lowest BCUT2D eigenvalue weighted by Gasteiger charge is -2.27. The van der Waals surface area contributed by atoms with Crippen LogP contribution < -0.4 is 10.6 Å². The van der Waals surface area contributed by atoms with Gasteiger partial charge in [0.15, 0.2) is 11.6 Å². The highest BCUT2D eigenvalue weighted by molar-refractivity contribution is 5.74. The number of aryl methyl sites for hydroxylation is 1. The molecule has 33 heavy (non-hydrogen) atoms. The molecule has 2 aromatic heterocycles. The lowest BCUT2D eigenvalue weighted by Crippen LogP contribution is -2.20. The minimum absolute atomic E-state index is 0.0773. The fraction of sp³-hybridized carbons (Fsp3) is 0.154. The van der Waals surface area contributed by atoms with Crippen LogP contribution in [-0.2, 0) is 13.0 Å². The molecule has 0 amide bonds. The van der Waals surface area contributed by atoms with Crippen molar-refractivity contribution in [1.29, 1.82) is 5.26 Å².